The molecule has 0 aromatic heterocycles. The smallest absolute Gasteiger partial charge is 0.382 e. The molecule has 2 heterocycles. The van der Waals surface area contributed by atoms with Gasteiger partial charge in [0.25, 0.3) is 0 Å². The van der Waals surface area contributed by atoms with Crippen molar-refractivity contribution in [3.63, 3.8) is 0 Å². The van der Waals surface area contributed by atoms with Crippen molar-refractivity contribution in [3.05, 3.63) is 0 Å². The standard InChI is InChI=1S/C13H23B3O7PS/c1-18-6-10-9(5-13(16-15)22-10)23-24(17,20-3)25-7-11-8(19-2)4-12(14)21-11/h8-13H,4-7H2,1-3H3. The van der Waals surface area contributed by atoms with E-state index in [9.17, 15) is 4.57 Å². The molecule has 7 atom stereocenters. The lowest BCUT2D eigenvalue weighted by Gasteiger charge is -2.24. The molecule has 0 spiro atoms. The SMILES string of the molecule is [B][B]C1CC(OP(=O)(OC)SCC2OC([B])CC2OC)C(COC)O1. The Morgan fingerprint density at radius 1 is 1.20 bits per heavy atom. The largest absolute Gasteiger partial charge is 0.389 e. The monoisotopic (exact) mass is 387 g/mol. The van der Waals surface area contributed by atoms with Crippen LogP contribution < -0.4 is 0 Å². The minimum atomic E-state index is -3.41. The third-order valence-corrected chi connectivity index (χ3v) is 8.06. The van der Waals surface area contributed by atoms with Gasteiger partial charge in [-0.1, -0.05) is 0 Å². The van der Waals surface area contributed by atoms with Crippen LogP contribution in [0, 0.1) is 0 Å². The quantitative estimate of drug-likeness (QED) is 0.401. The number of rotatable bonds is 10. The molecule has 0 aromatic carbocycles. The highest BCUT2D eigenvalue weighted by Gasteiger charge is 2.42. The maximum Gasteiger partial charge on any atom is 0.389 e. The maximum absolute atomic E-state index is 13.0. The van der Waals surface area contributed by atoms with E-state index in [2.05, 4.69) is 0 Å². The van der Waals surface area contributed by atoms with E-state index >= 15 is 0 Å². The van der Waals surface area contributed by atoms with Crippen LogP contribution in [0.3, 0.4) is 0 Å². The lowest BCUT2D eigenvalue weighted by molar-refractivity contribution is -0.0124. The summed E-state index contributed by atoms with van der Waals surface area (Å²) >= 11 is 1.07. The molecule has 2 aliphatic heterocycles. The summed E-state index contributed by atoms with van der Waals surface area (Å²) in [6.07, 6.45) is -0.115. The van der Waals surface area contributed by atoms with Gasteiger partial charge in [0.1, 0.15) is 14.0 Å². The average Bonchev–Trinajstić information content (AvgIpc) is 3.16. The Bertz CT molecular complexity index is 463. The Kier molecular flexibility index (Phi) is 8.89. The molecule has 2 saturated heterocycles. The Labute approximate surface area is 156 Å². The first-order valence-electron chi connectivity index (χ1n) is 8.06. The van der Waals surface area contributed by atoms with Crippen LogP contribution in [-0.4, -0.2) is 92.9 Å². The van der Waals surface area contributed by atoms with E-state index < -0.39 is 12.9 Å². The second kappa shape index (κ2) is 10.2. The minimum absolute atomic E-state index is 0.139. The zero-order chi connectivity index (χ0) is 18.4. The average molecular weight is 387 g/mol. The molecule has 2 aliphatic rings. The first-order valence-corrected chi connectivity index (χ1v) is 11.2. The highest BCUT2D eigenvalue weighted by molar-refractivity contribution is 8.55. The molecule has 0 amide bonds. The second-order valence-corrected chi connectivity index (χ2v) is 10.1. The van der Waals surface area contributed by atoms with Gasteiger partial charge < -0.3 is 23.5 Å². The van der Waals surface area contributed by atoms with Gasteiger partial charge >= 0.3 is 6.80 Å². The predicted octanol–water partition coefficient (Wildman–Crippen LogP) is 0.707. The van der Waals surface area contributed by atoms with E-state index in [1.54, 1.807) is 14.2 Å². The molecule has 5 radical (unpaired) electrons. The Morgan fingerprint density at radius 2 is 1.96 bits per heavy atom. The van der Waals surface area contributed by atoms with Crippen LogP contribution in [0.5, 0.6) is 0 Å². The highest BCUT2D eigenvalue weighted by Crippen LogP contribution is 2.62. The van der Waals surface area contributed by atoms with Crippen molar-refractivity contribution >= 4 is 40.9 Å². The van der Waals surface area contributed by atoms with Crippen LogP contribution in [0.2, 0.25) is 0 Å². The van der Waals surface area contributed by atoms with E-state index in [0.29, 0.717) is 25.2 Å². The number of hydrogen-bond acceptors (Lipinski definition) is 8. The van der Waals surface area contributed by atoms with Crippen molar-refractivity contribution in [1.82, 2.24) is 0 Å². The van der Waals surface area contributed by atoms with Gasteiger partial charge in [-0.05, 0) is 24.2 Å². The molecule has 0 aliphatic carbocycles. The van der Waals surface area contributed by atoms with E-state index in [1.807, 2.05) is 0 Å². The maximum atomic E-state index is 13.0. The van der Waals surface area contributed by atoms with Crippen molar-refractivity contribution in [3.8, 4) is 0 Å². The molecule has 12 heteroatoms. The number of hydrogen-bond donors (Lipinski definition) is 0. The third-order valence-electron chi connectivity index (χ3n) is 4.19. The van der Waals surface area contributed by atoms with Crippen LogP contribution in [0.25, 0.3) is 0 Å². The first kappa shape index (κ1) is 21.8. The van der Waals surface area contributed by atoms with E-state index in [-0.39, 0.29) is 30.3 Å². The summed E-state index contributed by atoms with van der Waals surface area (Å²) in [6.45, 7) is -3.09. The fraction of sp³-hybridized carbons (Fsp3) is 1.00. The summed E-state index contributed by atoms with van der Waals surface area (Å²) < 4.78 is 45.7. The lowest BCUT2D eigenvalue weighted by Crippen LogP contribution is -2.28. The summed E-state index contributed by atoms with van der Waals surface area (Å²) in [6, 6.07) is -0.650. The Morgan fingerprint density at radius 3 is 2.56 bits per heavy atom. The van der Waals surface area contributed by atoms with Gasteiger partial charge in [0, 0.05) is 46.8 Å². The normalized spacial score (nSPS) is 37.9. The van der Waals surface area contributed by atoms with Crippen molar-refractivity contribution in [2.45, 2.75) is 49.3 Å². The van der Waals surface area contributed by atoms with Gasteiger partial charge in [0.15, 0.2) is 0 Å². The van der Waals surface area contributed by atoms with Gasteiger partial charge in [0.2, 0.25) is 0 Å². The minimum Gasteiger partial charge on any atom is -0.382 e. The van der Waals surface area contributed by atoms with Crippen molar-refractivity contribution < 1.29 is 32.6 Å². The van der Waals surface area contributed by atoms with Gasteiger partial charge in [-0.25, -0.2) is 4.57 Å². The van der Waals surface area contributed by atoms with Crippen LogP contribution in [0.1, 0.15) is 12.8 Å². The molecular formula is C13H23B3O7PS. The summed E-state index contributed by atoms with van der Waals surface area (Å²) in [5.74, 6) is 0.381. The van der Waals surface area contributed by atoms with Crippen LogP contribution in [0.15, 0.2) is 0 Å². The lowest BCUT2D eigenvalue weighted by atomic mass is 9.51. The van der Waals surface area contributed by atoms with Crippen LogP contribution in [-0.2, 0) is 32.6 Å². The van der Waals surface area contributed by atoms with Gasteiger partial charge in [-0.2, -0.15) is 0 Å². The van der Waals surface area contributed by atoms with E-state index in [0.717, 1.165) is 11.4 Å². The van der Waals surface area contributed by atoms with Crippen LogP contribution in [0.4, 0.5) is 0 Å². The molecule has 0 N–H and O–H groups in total. The number of methoxy groups -OCH3 is 2. The fourth-order valence-electron chi connectivity index (χ4n) is 2.89. The molecule has 0 saturated carbocycles. The molecule has 25 heavy (non-hydrogen) atoms. The van der Waals surface area contributed by atoms with Crippen molar-refractivity contribution in [2.75, 3.05) is 33.7 Å². The molecule has 2 rings (SSSR count). The predicted molar refractivity (Wildman–Crippen MR) is 98.4 cm³/mol. The number of ether oxygens (including phenoxy) is 4. The zero-order valence-corrected chi connectivity index (χ0v) is 16.4. The summed E-state index contributed by atoms with van der Waals surface area (Å²) in [5, 5.41) is 0. The molecule has 2 fully saturated rings. The first-order chi connectivity index (χ1) is 11.9. The summed E-state index contributed by atoms with van der Waals surface area (Å²) in [7, 11) is 17.3. The molecule has 0 aromatic rings. The Hall–Kier alpha value is 0.535. The van der Waals surface area contributed by atoms with Gasteiger partial charge in [-0.15, -0.1) is 0 Å². The second-order valence-electron chi connectivity index (χ2n) is 5.89. The summed E-state index contributed by atoms with van der Waals surface area (Å²) in [5.41, 5.74) is 0. The summed E-state index contributed by atoms with van der Waals surface area (Å²) in [4.78, 5) is 0. The molecule has 7 unspecified atom stereocenters. The van der Waals surface area contributed by atoms with E-state index in [4.69, 9.17) is 43.6 Å². The topological polar surface area (TPSA) is 72.5 Å². The third kappa shape index (κ3) is 6.01. The highest BCUT2D eigenvalue weighted by atomic mass is 32.7. The van der Waals surface area contributed by atoms with Gasteiger partial charge in [0.05, 0.1) is 32.1 Å². The Balaban J connectivity index is 1.93. The molecule has 0 bridgehead atoms. The molecule has 7 nitrogen and oxygen atoms in total. The zero-order valence-electron chi connectivity index (χ0n) is 14.7. The molecular weight excluding hydrogens is 364 g/mol. The van der Waals surface area contributed by atoms with E-state index in [1.165, 1.54) is 14.3 Å². The van der Waals surface area contributed by atoms with Crippen molar-refractivity contribution in [2.24, 2.45) is 0 Å². The van der Waals surface area contributed by atoms with Crippen molar-refractivity contribution in [1.29, 1.82) is 0 Å². The van der Waals surface area contributed by atoms with Gasteiger partial charge in [-0.3, -0.25) is 4.52 Å². The van der Waals surface area contributed by atoms with Crippen LogP contribution >= 0.6 is 18.2 Å². The molecule has 137 valence electrons. The fourth-order valence-corrected chi connectivity index (χ4v) is 6.14.